The van der Waals surface area contributed by atoms with Gasteiger partial charge in [-0.05, 0) is 6.92 Å². The van der Waals surface area contributed by atoms with Gasteiger partial charge in [0.25, 0.3) is 0 Å². The zero-order chi connectivity index (χ0) is 15.2. The van der Waals surface area contributed by atoms with Crippen LogP contribution in [0.25, 0.3) is 0 Å². The van der Waals surface area contributed by atoms with Crippen LogP contribution >= 0.6 is 0 Å². The lowest BCUT2D eigenvalue weighted by Gasteiger charge is -2.30. The number of nitrogens with zero attached hydrogens (tertiary/aromatic N) is 1. The van der Waals surface area contributed by atoms with Crippen molar-refractivity contribution in [3.8, 4) is 0 Å². The molecule has 4 nitrogen and oxygen atoms in total. The summed E-state index contributed by atoms with van der Waals surface area (Å²) in [6.07, 6.45) is -10.4. The van der Waals surface area contributed by atoms with Crippen molar-refractivity contribution >= 4 is 11.9 Å². The summed E-state index contributed by atoms with van der Waals surface area (Å²) in [5, 5.41) is 8.70. The number of carbonyl (C=O) groups is 2. The molecule has 0 aromatic carbocycles. The van der Waals surface area contributed by atoms with E-state index in [4.69, 9.17) is 5.11 Å². The molecule has 1 fully saturated rings. The lowest BCUT2D eigenvalue weighted by atomic mass is 9.79. The topological polar surface area (TPSA) is 57.6 Å². The van der Waals surface area contributed by atoms with Gasteiger partial charge in [0.1, 0.15) is 0 Å². The number of alkyl halides is 6. The zero-order valence-corrected chi connectivity index (χ0v) is 9.47. The normalized spacial score (nSPS) is 28.6. The number of hydrogen-bond acceptors (Lipinski definition) is 2. The van der Waals surface area contributed by atoms with Gasteiger partial charge in [-0.3, -0.25) is 9.59 Å². The Kier molecular flexibility index (Phi) is 3.50. The van der Waals surface area contributed by atoms with Crippen LogP contribution in [0, 0.1) is 11.3 Å². The van der Waals surface area contributed by atoms with Gasteiger partial charge in [-0.15, -0.1) is 0 Å². The molecule has 2 atom stereocenters. The number of carboxylic acid groups (broad SMARTS) is 1. The van der Waals surface area contributed by atoms with Crippen molar-refractivity contribution in [1.82, 2.24) is 4.90 Å². The monoisotopic (exact) mass is 293 g/mol. The first-order chi connectivity index (χ1) is 8.30. The van der Waals surface area contributed by atoms with Gasteiger partial charge in [-0.2, -0.15) is 26.3 Å². The van der Waals surface area contributed by atoms with Gasteiger partial charge in [-0.25, -0.2) is 0 Å². The van der Waals surface area contributed by atoms with Crippen LogP contribution < -0.4 is 0 Å². The first-order valence-electron chi connectivity index (χ1n) is 4.96. The SMILES string of the molecule is C[C@]1(C(F)(F)F)CN(C(=O)C(F)(F)F)C[C@@H]1C(=O)O. The third-order valence-corrected chi connectivity index (χ3v) is 3.17. The third kappa shape index (κ3) is 2.61. The molecule has 19 heavy (non-hydrogen) atoms. The highest BCUT2D eigenvalue weighted by Crippen LogP contribution is 2.49. The van der Waals surface area contributed by atoms with E-state index < -0.39 is 48.7 Å². The average Bonchev–Trinajstić information content (AvgIpc) is 2.54. The molecule has 1 heterocycles. The van der Waals surface area contributed by atoms with E-state index in [1.54, 1.807) is 0 Å². The molecule has 0 bridgehead atoms. The summed E-state index contributed by atoms with van der Waals surface area (Å²) < 4.78 is 74.9. The van der Waals surface area contributed by atoms with Gasteiger partial charge in [-0.1, -0.05) is 0 Å². The van der Waals surface area contributed by atoms with Gasteiger partial charge in [0.2, 0.25) is 0 Å². The Morgan fingerprint density at radius 1 is 1.21 bits per heavy atom. The standard InChI is InChI=1S/C9H9F6NO3/c1-7(9(13,14)15)3-16(2-4(7)5(17)18)6(19)8(10,11)12/h4H,2-3H2,1H3,(H,17,18)/t4-,7+/m1/s1. The highest BCUT2D eigenvalue weighted by atomic mass is 19.4. The molecule has 1 rings (SSSR count). The van der Waals surface area contributed by atoms with Crippen molar-refractivity contribution in [1.29, 1.82) is 0 Å². The number of carbonyl (C=O) groups excluding carboxylic acids is 1. The number of likely N-dealkylation sites (tertiary alicyclic amines) is 1. The molecule has 1 saturated heterocycles. The Bertz CT molecular complexity index is 404. The molecule has 10 heteroatoms. The quantitative estimate of drug-likeness (QED) is 0.748. The molecule has 0 radical (unpaired) electrons. The predicted octanol–water partition coefficient (Wildman–Crippen LogP) is 1.66. The van der Waals surface area contributed by atoms with Crippen LogP contribution in [0.2, 0.25) is 0 Å². The van der Waals surface area contributed by atoms with Crippen LogP contribution in [0.15, 0.2) is 0 Å². The van der Waals surface area contributed by atoms with Crippen molar-refractivity contribution in [2.45, 2.75) is 19.3 Å². The Balaban J connectivity index is 3.10. The average molecular weight is 293 g/mol. The molecule has 110 valence electrons. The first kappa shape index (κ1) is 15.6. The molecular weight excluding hydrogens is 284 g/mol. The Labute approximate surface area is 103 Å². The molecule has 1 aliphatic heterocycles. The fourth-order valence-electron chi connectivity index (χ4n) is 1.96. The molecular formula is C9H9F6NO3. The summed E-state index contributed by atoms with van der Waals surface area (Å²) in [6.45, 7) is -1.95. The van der Waals surface area contributed by atoms with Gasteiger partial charge in [0.15, 0.2) is 0 Å². The van der Waals surface area contributed by atoms with Crippen LogP contribution in [0.5, 0.6) is 0 Å². The summed E-state index contributed by atoms with van der Waals surface area (Å²) in [5.74, 6) is -6.48. The second-order valence-electron chi connectivity index (χ2n) is 4.49. The van der Waals surface area contributed by atoms with Crippen LogP contribution in [0.1, 0.15) is 6.92 Å². The Morgan fingerprint density at radius 3 is 1.95 bits per heavy atom. The predicted molar refractivity (Wildman–Crippen MR) is 47.9 cm³/mol. The first-order valence-corrected chi connectivity index (χ1v) is 4.96. The van der Waals surface area contributed by atoms with Crippen LogP contribution in [-0.2, 0) is 9.59 Å². The maximum absolute atomic E-state index is 12.8. The number of halogens is 6. The van der Waals surface area contributed by atoms with Crippen LogP contribution in [0.3, 0.4) is 0 Å². The molecule has 0 saturated carbocycles. The molecule has 0 aromatic heterocycles. The molecule has 0 unspecified atom stereocenters. The maximum atomic E-state index is 12.8. The Morgan fingerprint density at radius 2 is 1.68 bits per heavy atom. The summed E-state index contributed by atoms with van der Waals surface area (Å²) in [5.41, 5.74) is -2.90. The van der Waals surface area contributed by atoms with Crippen molar-refractivity contribution < 1.29 is 41.0 Å². The smallest absolute Gasteiger partial charge is 0.471 e. The zero-order valence-electron chi connectivity index (χ0n) is 9.47. The molecule has 1 aliphatic rings. The molecule has 1 N–H and O–H groups in total. The van der Waals surface area contributed by atoms with E-state index >= 15 is 0 Å². The minimum Gasteiger partial charge on any atom is -0.481 e. The third-order valence-electron chi connectivity index (χ3n) is 3.17. The largest absolute Gasteiger partial charge is 0.481 e. The van der Waals surface area contributed by atoms with E-state index in [2.05, 4.69) is 0 Å². The van der Waals surface area contributed by atoms with Crippen LogP contribution in [-0.4, -0.2) is 47.3 Å². The van der Waals surface area contributed by atoms with E-state index in [0.717, 1.165) is 0 Å². The maximum Gasteiger partial charge on any atom is 0.471 e. The van der Waals surface area contributed by atoms with E-state index in [1.807, 2.05) is 0 Å². The number of rotatable bonds is 1. The molecule has 0 spiro atoms. The van der Waals surface area contributed by atoms with Crippen molar-refractivity contribution in [3.05, 3.63) is 0 Å². The fourth-order valence-corrected chi connectivity index (χ4v) is 1.96. The molecule has 0 aliphatic carbocycles. The Hall–Kier alpha value is -1.48. The number of aliphatic carboxylic acids is 1. The van der Waals surface area contributed by atoms with Crippen LogP contribution in [0.4, 0.5) is 26.3 Å². The highest BCUT2D eigenvalue weighted by molar-refractivity contribution is 5.83. The minimum absolute atomic E-state index is 0.119. The molecule has 0 aromatic rings. The van der Waals surface area contributed by atoms with Gasteiger partial charge in [0, 0.05) is 13.1 Å². The highest BCUT2D eigenvalue weighted by Gasteiger charge is 2.64. The van der Waals surface area contributed by atoms with Gasteiger partial charge < -0.3 is 10.0 Å². The van der Waals surface area contributed by atoms with E-state index in [-0.39, 0.29) is 4.90 Å². The summed E-state index contributed by atoms with van der Waals surface area (Å²) in [4.78, 5) is 21.5. The molecule has 1 amide bonds. The van der Waals surface area contributed by atoms with Gasteiger partial charge in [0.05, 0.1) is 11.3 Å². The lowest BCUT2D eigenvalue weighted by Crippen LogP contribution is -2.46. The van der Waals surface area contributed by atoms with E-state index in [0.29, 0.717) is 6.92 Å². The van der Waals surface area contributed by atoms with Crippen molar-refractivity contribution in [3.63, 3.8) is 0 Å². The van der Waals surface area contributed by atoms with Gasteiger partial charge >= 0.3 is 24.2 Å². The number of hydrogen-bond donors (Lipinski definition) is 1. The lowest BCUT2D eigenvalue weighted by molar-refractivity contribution is -0.229. The number of carboxylic acids is 1. The van der Waals surface area contributed by atoms with Crippen molar-refractivity contribution in [2.24, 2.45) is 11.3 Å². The summed E-state index contributed by atoms with van der Waals surface area (Å²) in [6, 6.07) is 0. The number of amides is 1. The van der Waals surface area contributed by atoms with E-state index in [1.165, 1.54) is 0 Å². The van der Waals surface area contributed by atoms with Crippen molar-refractivity contribution in [2.75, 3.05) is 13.1 Å². The summed E-state index contributed by atoms with van der Waals surface area (Å²) >= 11 is 0. The summed E-state index contributed by atoms with van der Waals surface area (Å²) in [7, 11) is 0. The minimum atomic E-state index is -5.33. The fraction of sp³-hybridized carbons (Fsp3) is 0.778. The second kappa shape index (κ2) is 4.27. The van der Waals surface area contributed by atoms with E-state index in [9.17, 15) is 35.9 Å². The second-order valence-corrected chi connectivity index (χ2v) is 4.49.